The van der Waals surface area contributed by atoms with Crippen molar-refractivity contribution in [3.05, 3.63) is 59.2 Å². The lowest BCUT2D eigenvalue weighted by Gasteiger charge is -2.25. The summed E-state index contributed by atoms with van der Waals surface area (Å²) in [7, 11) is 0. The summed E-state index contributed by atoms with van der Waals surface area (Å²) in [5, 5.41) is 20.4. The molecule has 35 heavy (non-hydrogen) atoms. The zero-order valence-corrected chi connectivity index (χ0v) is 20.5. The Morgan fingerprint density at radius 3 is 2.40 bits per heavy atom. The highest BCUT2D eigenvalue weighted by atomic mass is 16.5. The predicted molar refractivity (Wildman–Crippen MR) is 132 cm³/mol. The smallest absolute Gasteiger partial charge is 0.295 e. The van der Waals surface area contributed by atoms with Crippen molar-refractivity contribution >= 4 is 17.4 Å². The first-order chi connectivity index (χ1) is 17.0. The van der Waals surface area contributed by atoms with Crippen molar-refractivity contribution in [2.24, 2.45) is 0 Å². The molecule has 2 N–H and O–H groups in total. The SMILES string of the molecule is CCCN1C(=O)C(=O)/C(=C(\O)c2ccc(OCC)cc2OCC)C1c1cccc(OCCCO)c1. The number of amides is 1. The van der Waals surface area contributed by atoms with Crippen molar-refractivity contribution in [1.29, 1.82) is 0 Å². The van der Waals surface area contributed by atoms with Crippen molar-refractivity contribution in [3.63, 3.8) is 0 Å². The second-order valence-corrected chi connectivity index (χ2v) is 8.01. The zero-order chi connectivity index (χ0) is 25.4. The number of carbonyl (C=O) groups is 2. The first kappa shape index (κ1) is 26.1. The molecule has 0 saturated carbocycles. The highest BCUT2D eigenvalue weighted by Gasteiger charge is 2.46. The maximum Gasteiger partial charge on any atom is 0.295 e. The topological polar surface area (TPSA) is 106 Å². The summed E-state index contributed by atoms with van der Waals surface area (Å²) in [5.74, 6) is -0.224. The van der Waals surface area contributed by atoms with E-state index in [1.54, 1.807) is 42.5 Å². The van der Waals surface area contributed by atoms with Crippen LogP contribution in [0.1, 0.15) is 50.8 Å². The molecule has 1 aliphatic heterocycles. The van der Waals surface area contributed by atoms with E-state index in [9.17, 15) is 14.7 Å². The molecule has 8 nitrogen and oxygen atoms in total. The fraction of sp³-hybridized carbons (Fsp3) is 0.407. The molecule has 1 saturated heterocycles. The number of Topliss-reactive ketones (excluding diaryl/α,β-unsaturated/α-hetero) is 1. The molecule has 1 aliphatic rings. The van der Waals surface area contributed by atoms with Crippen molar-refractivity contribution < 1.29 is 34.0 Å². The van der Waals surface area contributed by atoms with Gasteiger partial charge in [-0.1, -0.05) is 19.1 Å². The Bertz CT molecular complexity index is 1080. The maximum atomic E-state index is 13.2. The minimum atomic E-state index is -0.780. The molecule has 0 radical (unpaired) electrons. The molecule has 1 fully saturated rings. The highest BCUT2D eigenvalue weighted by Crippen LogP contribution is 2.42. The quantitative estimate of drug-likeness (QED) is 0.203. The van der Waals surface area contributed by atoms with E-state index in [4.69, 9.17) is 19.3 Å². The van der Waals surface area contributed by atoms with Crippen LogP contribution in [0.3, 0.4) is 0 Å². The average molecular weight is 484 g/mol. The Kier molecular flexibility index (Phi) is 9.14. The summed E-state index contributed by atoms with van der Waals surface area (Å²) in [5.41, 5.74) is 0.954. The molecule has 3 rings (SSSR count). The third-order valence-corrected chi connectivity index (χ3v) is 5.57. The van der Waals surface area contributed by atoms with E-state index in [1.807, 2.05) is 20.8 Å². The third-order valence-electron chi connectivity index (χ3n) is 5.57. The van der Waals surface area contributed by atoms with Gasteiger partial charge in [-0.3, -0.25) is 9.59 Å². The Morgan fingerprint density at radius 1 is 0.971 bits per heavy atom. The van der Waals surface area contributed by atoms with Gasteiger partial charge in [0.2, 0.25) is 0 Å². The van der Waals surface area contributed by atoms with Gasteiger partial charge in [0, 0.05) is 25.6 Å². The van der Waals surface area contributed by atoms with Crippen LogP contribution < -0.4 is 14.2 Å². The van der Waals surface area contributed by atoms with Crippen LogP contribution >= 0.6 is 0 Å². The Morgan fingerprint density at radius 2 is 1.71 bits per heavy atom. The minimum Gasteiger partial charge on any atom is -0.507 e. The molecule has 1 heterocycles. The summed E-state index contributed by atoms with van der Waals surface area (Å²) >= 11 is 0. The van der Waals surface area contributed by atoms with E-state index >= 15 is 0 Å². The standard InChI is InChI=1S/C27H33NO7/c1-4-13-28-24(18-9-7-10-19(16-18)35-15-8-14-29)23(26(31)27(28)32)25(30)21-12-11-20(33-5-2)17-22(21)34-6-3/h7,9-12,16-17,24,29-30H,4-6,8,13-15H2,1-3H3/b25-23-. The first-order valence-corrected chi connectivity index (χ1v) is 12.0. The number of hydrogen-bond donors (Lipinski definition) is 2. The van der Waals surface area contributed by atoms with E-state index in [1.165, 1.54) is 4.90 Å². The molecule has 2 aromatic rings. The summed E-state index contributed by atoms with van der Waals surface area (Å²) in [6, 6.07) is 11.3. The first-order valence-electron chi connectivity index (χ1n) is 12.0. The second-order valence-electron chi connectivity index (χ2n) is 8.01. The molecule has 188 valence electrons. The summed E-state index contributed by atoms with van der Waals surface area (Å²) in [4.78, 5) is 27.7. The van der Waals surface area contributed by atoms with E-state index in [0.29, 0.717) is 67.6 Å². The predicted octanol–water partition coefficient (Wildman–Crippen LogP) is 4.08. The molecule has 0 aromatic heterocycles. The summed E-state index contributed by atoms with van der Waals surface area (Å²) < 4.78 is 17.0. The third kappa shape index (κ3) is 5.77. The van der Waals surface area contributed by atoms with E-state index < -0.39 is 17.7 Å². The van der Waals surface area contributed by atoms with Gasteiger partial charge in [0.15, 0.2) is 0 Å². The van der Waals surface area contributed by atoms with Gasteiger partial charge in [-0.15, -0.1) is 0 Å². The van der Waals surface area contributed by atoms with Gasteiger partial charge in [0.05, 0.1) is 37.0 Å². The molecule has 8 heteroatoms. The summed E-state index contributed by atoms with van der Waals surface area (Å²) in [6.45, 7) is 7.12. The fourth-order valence-electron chi connectivity index (χ4n) is 4.10. The van der Waals surface area contributed by atoms with Gasteiger partial charge < -0.3 is 29.3 Å². The normalized spacial score (nSPS) is 17.0. The molecule has 1 unspecified atom stereocenters. The van der Waals surface area contributed by atoms with E-state index in [2.05, 4.69) is 0 Å². The lowest BCUT2D eigenvalue weighted by molar-refractivity contribution is -0.139. The largest absolute Gasteiger partial charge is 0.507 e. The van der Waals surface area contributed by atoms with Crippen LogP contribution in [-0.4, -0.2) is 59.8 Å². The molecule has 0 spiro atoms. The number of hydrogen-bond acceptors (Lipinski definition) is 7. The molecule has 1 amide bonds. The van der Waals surface area contributed by atoms with Gasteiger partial charge in [0.1, 0.15) is 23.0 Å². The number of ether oxygens (including phenoxy) is 3. The Hall–Kier alpha value is -3.52. The van der Waals surface area contributed by atoms with Crippen LogP contribution in [-0.2, 0) is 9.59 Å². The van der Waals surface area contributed by atoms with Crippen LogP contribution in [0.15, 0.2) is 48.0 Å². The molecular weight excluding hydrogens is 450 g/mol. The van der Waals surface area contributed by atoms with Gasteiger partial charge in [-0.2, -0.15) is 0 Å². The van der Waals surface area contributed by atoms with Gasteiger partial charge in [-0.05, 0) is 50.1 Å². The van der Waals surface area contributed by atoms with Crippen LogP contribution in [0, 0.1) is 0 Å². The van der Waals surface area contributed by atoms with Crippen molar-refractivity contribution in [1.82, 2.24) is 4.90 Å². The average Bonchev–Trinajstić information content (AvgIpc) is 3.10. The molecule has 0 aliphatic carbocycles. The van der Waals surface area contributed by atoms with Gasteiger partial charge in [0.25, 0.3) is 11.7 Å². The number of carbonyl (C=O) groups excluding carboxylic acids is 2. The van der Waals surface area contributed by atoms with Crippen LogP contribution in [0.2, 0.25) is 0 Å². The van der Waals surface area contributed by atoms with Gasteiger partial charge >= 0.3 is 0 Å². The highest BCUT2D eigenvalue weighted by molar-refractivity contribution is 6.46. The Labute approximate surface area is 205 Å². The van der Waals surface area contributed by atoms with Crippen molar-refractivity contribution in [2.45, 2.75) is 39.7 Å². The van der Waals surface area contributed by atoms with Crippen LogP contribution in [0.5, 0.6) is 17.2 Å². The fourth-order valence-corrected chi connectivity index (χ4v) is 4.10. The summed E-state index contributed by atoms with van der Waals surface area (Å²) in [6.07, 6.45) is 1.12. The number of likely N-dealkylation sites (tertiary alicyclic amines) is 1. The van der Waals surface area contributed by atoms with E-state index in [0.717, 1.165) is 0 Å². The molecule has 0 bridgehead atoms. The molecule has 2 aromatic carbocycles. The second kappa shape index (κ2) is 12.3. The zero-order valence-electron chi connectivity index (χ0n) is 20.5. The monoisotopic (exact) mass is 483 g/mol. The van der Waals surface area contributed by atoms with Crippen molar-refractivity contribution in [3.8, 4) is 17.2 Å². The van der Waals surface area contributed by atoms with Crippen LogP contribution in [0.25, 0.3) is 5.76 Å². The van der Waals surface area contributed by atoms with Gasteiger partial charge in [-0.25, -0.2) is 0 Å². The minimum absolute atomic E-state index is 0.000992. The van der Waals surface area contributed by atoms with Crippen LogP contribution in [0.4, 0.5) is 0 Å². The Balaban J connectivity index is 2.13. The number of aliphatic hydroxyl groups excluding tert-OH is 2. The van der Waals surface area contributed by atoms with E-state index in [-0.39, 0.29) is 17.9 Å². The lowest BCUT2D eigenvalue weighted by atomic mass is 9.94. The molecular formula is C27H33NO7. The number of aliphatic hydroxyl groups is 2. The number of rotatable bonds is 12. The number of benzene rings is 2. The maximum absolute atomic E-state index is 13.2. The number of ketones is 1. The molecule has 1 atom stereocenters. The van der Waals surface area contributed by atoms with Crippen molar-refractivity contribution in [2.75, 3.05) is 33.0 Å². The lowest BCUT2D eigenvalue weighted by Crippen LogP contribution is -2.30. The number of nitrogens with zero attached hydrogens (tertiary/aromatic N) is 1.